The molecule has 0 saturated heterocycles. The van der Waals surface area contributed by atoms with Gasteiger partial charge in [0.05, 0.1) is 0 Å². The number of rotatable bonds is 1. The fourth-order valence-corrected chi connectivity index (χ4v) is 14.3. The molecule has 0 nitrogen and oxygen atoms in total. The van der Waals surface area contributed by atoms with E-state index < -0.39 is 0 Å². The van der Waals surface area contributed by atoms with Crippen molar-refractivity contribution < 1.29 is 0 Å². The van der Waals surface area contributed by atoms with Gasteiger partial charge in [-0.1, -0.05) is 13.8 Å². The lowest BCUT2D eigenvalue weighted by Gasteiger charge is -2.52. The summed E-state index contributed by atoms with van der Waals surface area (Å²) in [5.74, 6) is 21.6. The van der Waals surface area contributed by atoms with Crippen LogP contribution in [-0.4, -0.2) is 0 Å². The van der Waals surface area contributed by atoms with Gasteiger partial charge in [0.25, 0.3) is 0 Å². The molecule has 0 heterocycles. The summed E-state index contributed by atoms with van der Waals surface area (Å²) in [6.45, 7) is 5.04. The number of fused-ring (bicyclic) bond motifs is 26. The van der Waals surface area contributed by atoms with Crippen LogP contribution >= 0.6 is 0 Å². The first-order valence-electron chi connectivity index (χ1n) is 13.7. The van der Waals surface area contributed by atoms with Crippen molar-refractivity contribution in [2.24, 2.45) is 107 Å². The van der Waals surface area contributed by atoms with Crippen LogP contribution in [0.5, 0.6) is 0 Å². The quantitative estimate of drug-likeness (QED) is 0.467. The molecule has 9 rings (SSSR count). The Morgan fingerprint density at radius 1 is 0.429 bits per heavy atom. The molecule has 0 aromatic rings. The van der Waals surface area contributed by atoms with Gasteiger partial charge < -0.3 is 0 Å². The van der Waals surface area contributed by atoms with Crippen molar-refractivity contribution in [2.75, 3.05) is 0 Å². The largest absolute Gasteiger partial charge is 0.0625 e. The molecule has 9 aliphatic carbocycles. The molecule has 0 aromatic carbocycles. The molecule has 9 saturated carbocycles. The van der Waals surface area contributed by atoms with Gasteiger partial charge in [-0.15, -0.1) is 0 Å². The molecule has 16 unspecified atom stereocenters. The second-order valence-corrected chi connectivity index (χ2v) is 14.3. The summed E-state index contributed by atoms with van der Waals surface area (Å²) in [5, 5.41) is 0. The maximum atomic E-state index is 2.52. The van der Waals surface area contributed by atoms with E-state index in [1.165, 1.54) is 94.7 Å². The van der Waals surface area contributed by atoms with Crippen LogP contribution in [0.25, 0.3) is 0 Å². The second kappa shape index (κ2) is 4.75. The summed E-state index contributed by atoms with van der Waals surface area (Å²) in [4.78, 5) is 0. The molecule has 0 aliphatic heterocycles. The van der Waals surface area contributed by atoms with Gasteiger partial charge in [0, 0.05) is 0 Å². The molecular weight excluding hydrogens is 336 g/mol. The highest BCUT2D eigenvalue weighted by Crippen LogP contribution is 2.82. The van der Waals surface area contributed by atoms with Gasteiger partial charge in [-0.3, -0.25) is 0 Å². The van der Waals surface area contributed by atoms with Crippen molar-refractivity contribution >= 4 is 0 Å². The van der Waals surface area contributed by atoms with Crippen LogP contribution in [-0.2, 0) is 0 Å². The summed E-state index contributed by atoms with van der Waals surface area (Å²) in [6, 6.07) is 0. The first-order chi connectivity index (χ1) is 13.7. The highest BCUT2D eigenvalue weighted by molar-refractivity contribution is 5.25. The Labute approximate surface area is 172 Å². The van der Waals surface area contributed by atoms with Crippen molar-refractivity contribution in [1.29, 1.82) is 0 Å². The summed E-state index contributed by atoms with van der Waals surface area (Å²) in [6.07, 6.45) is 13.4. The molecule has 0 radical (unpaired) electrons. The third-order valence-electron chi connectivity index (χ3n) is 14.3. The summed E-state index contributed by atoms with van der Waals surface area (Å²) in [5.41, 5.74) is 0. The van der Waals surface area contributed by atoms with E-state index in [0.717, 1.165) is 11.8 Å². The van der Waals surface area contributed by atoms with Gasteiger partial charge in [-0.25, -0.2) is 0 Å². The molecule has 0 aromatic heterocycles. The Balaban J connectivity index is 1.08. The Morgan fingerprint density at radius 2 is 0.857 bits per heavy atom. The Kier molecular flexibility index (Phi) is 2.67. The smallest absolute Gasteiger partial charge is 0.0318 e. The van der Waals surface area contributed by atoms with Gasteiger partial charge in [0.15, 0.2) is 0 Å². The van der Waals surface area contributed by atoms with Crippen LogP contribution in [0.3, 0.4) is 0 Å². The molecule has 28 heavy (non-hydrogen) atoms. The van der Waals surface area contributed by atoms with Crippen LogP contribution in [0, 0.1) is 107 Å². The summed E-state index contributed by atoms with van der Waals surface area (Å²) in [7, 11) is 0. The lowest BCUT2D eigenvalue weighted by molar-refractivity contribution is -0.0467. The van der Waals surface area contributed by atoms with Crippen LogP contribution in [0.1, 0.15) is 65.2 Å². The maximum Gasteiger partial charge on any atom is -0.0318 e. The van der Waals surface area contributed by atoms with Crippen molar-refractivity contribution in [3.63, 3.8) is 0 Å². The zero-order chi connectivity index (χ0) is 18.0. The van der Waals surface area contributed by atoms with Crippen LogP contribution < -0.4 is 0 Å². The molecule has 0 spiro atoms. The van der Waals surface area contributed by atoms with E-state index in [-0.39, 0.29) is 0 Å². The molecule has 152 valence electrons. The standard InChI is InChI=1S/C28H40/c1-11(2)14-6-15-16(7-14)18-8-17(15)25-21-10-22(26(18)25)28-20-9-19(27(21)28)23-12-3-4-13(5-12)24(20)23/h11-28H,3-10H2,1-2H3. The predicted octanol–water partition coefficient (Wildman–Crippen LogP) is 6.36. The SMILES string of the molecule is CC(C)C1CC2C(C1)C1CC2C2C3CC(C12)C1C2CC(C4C5CCC(C5)C24)C31. The predicted molar refractivity (Wildman–Crippen MR) is 111 cm³/mol. The molecule has 0 heteroatoms. The number of hydrogen-bond donors (Lipinski definition) is 0. The third-order valence-corrected chi connectivity index (χ3v) is 14.3. The fourth-order valence-electron chi connectivity index (χ4n) is 14.3. The summed E-state index contributed by atoms with van der Waals surface area (Å²) >= 11 is 0. The van der Waals surface area contributed by atoms with Crippen molar-refractivity contribution in [3.8, 4) is 0 Å². The van der Waals surface area contributed by atoms with Crippen LogP contribution in [0.4, 0.5) is 0 Å². The van der Waals surface area contributed by atoms with E-state index in [4.69, 9.17) is 0 Å². The van der Waals surface area contributed by atoms with Gasteiger partial charge in [-0.2, -0.15) is 0 Å². The highest BCUT2D eigenvalue weighted by atomic mass is 14.8. The first-order valence-corrected chi connectivity index (χ1v) is 13.7. The van der Waals surface area contributed by atoms with E-state index in [1.54, 1.807) is 51.4 Å². The van der Waals surface area contributed by atoms with Crippen molar-refractivity contribution in [2.45, 2.75) is 65.2 Å². The minimum atomic E-state index is 0.951. The molecule has 16 atom stereocenters. The lowest BCUT2D eigenvalue weighted by atomic mass is 9.53. The normalized spacial score (nSPS) is 73.6. The zero-order valence-corrected chi connectivity index (χ0v) is 18.0. The molecule has 0 amide bonds. The number of hydrogen-bond acceptors (Lipinski definition) is 0. The van der Waals surface area contributed by atoms with E-state index in [0.29, 0.717) is 0 Å². The van der Waals surface area contributed by atoms with Gasteiger partial charge in [0.2, 0.25) is 0 Å². The van der Waals surface area contributed by atoms with Crippen LogP contribution in [0.15, 0.2) is 0 Å². The van der Waals surface area contributed by atoms with Gasteiger partial charge >= 0.3 is 0 Å². The molecule has 8 bridgehead atoms. The van der Waals surface area contributed by atoms with Gasteiger partial charge in [0.1, 0.15) is 0 Å². The Bertz CT molecular complexity index is 682. The Morgan fingerprint density at radius 3 is 1.36 bits per heavy atom. The van der Waals surface area contributed by atoms with E-state index in [1.807, 2.05) is 0 Å². The van der Waals surface area contributed by atoms with Crippen molar-refractivity contribution in [1.82, 2.24) is 0 Å². The summed E-state index contributed by atoms with van der Waals surface area (Å²) < 4.78 is 0. The van der Waals surface area contributed by atoms with Gasteiger partial charge in [-0.05, 0) is 158 Å². The minimum Gasteiger partial charge on any atom is -0.0625 e. The Hall–Kier alpha value is 0. The minimum absolute atomic E-state index is 0.951. The maximum absolute atomic E-state index is 2.52. The molecule has 9 aliphatic rings. The van der Waals surface area contributed by atoms with E-state index >= 15 is 0 Å². The zero-order valence-electron chi connectivity index (χ0n) is 18.0. The average Bonchev–Trinajstić information content (AvgIpc) is 3.52. The average molecular weight is 377 g/mol. The second-order valence-electron chi connectivity index (χ2n) is 14.3. The van der Waals surface area contributed by atoms with Crippen LogP contribution in [0.2, 0.25) is 0 Å². The molecular formula is C28H40. The van der Waals surface area contributed by atoms with E-state index in [2.05, 4.69) is 13.8 Å². The highest BCUT2D eigenvalue weighted by Gasteiger charge is 2.77. The fraction of sp³-hybridized carbons (Fsp3) is 1.00. The lowest BCUT2D eigenvalue weighted by Crippen LogP contribution is -2.48. The third kappa shape index (κ3) is 1.47. The molecule has 9 fully saturated rings. The monoisotopic (exact) mass is 376 g/mol. The topological polar surface area (TPSA) is 0 Å². The molecule has 0 N–H and O–H groups in total. The van der Waals surface area contributed by atoms with Crippen molar-refractivity contribution in [3.05, 3.63) is 0 Å². The van der Waals surface area contributed by atoms with E-state index in [9.17, 15) is 0 Å². The first kappa shape index (κ1) is 15.8.